The lowest BCUT2D eigenvalue weighted by Gasteiger charge is -2.37. The summed E-state index contributed by atoms with van der Waals surface area (Å²) in [5.41, 5.74) is -0.328. The van der Waals surface area contributed by atoms with E-state index >= 15 is 0 Å². The summed E-state index contributed by atoms with van der Waals surface area (Å²) in [5, 5.41) is 13.8. The molecule has 2 heterocycles. The first kappa shape index (κ1) is 8.52. The van der Waals surface area contributed by atoms with E-state index in [1.165, 1.54) is 12.8 Å². The molecule has 0 aliphatic carbocycles. The highest BCUT2D eigenvalue weighted by Crippen LogP contribution is 2.36. The molecule has 0 amide bonds. The molecule has 0 spiro atoms. The molecule has 2 fully saturated rings. The van der Waals surface area contributed by atoms with Gasteiger partial charge in [0.05, 0.1) is 5.60 Å². The zero-order valence-corrected chi connectivity index (χ0v) is 7.84. The lowest BCUT2D eigenvalue weighted by atomic mass is 9.84. The summed E-state index contributed by atoms with van der Waals surface area (Å²) in [7, 11) is 0. The van der Waals surface area contributed by atoms with E-state index in [9.17, 15) is 5.11 Å². The SMILES string of the molecule is CCCC1(O)CC2CCC(C1)N2. The molecule has 0 radical (unpaired) electrons. The highest BCUT2D eigenvalue weighted by Gasteiger charge is 2.41. The standard InChI is InChI=1S/C10H19NO/c1-2-5-10(12)6-8-3-4-9(7-10)11-8/h8-9,11-12H,2-7H2,1H3. The zero-order chi connectivity index (χ0) is 8.60. The van der Waals surface area contributed by atoms with E-state index < -0.39 is 0 Å². The number of nitrogens with one attached hydrogen (secondary N) is 1. The third-order valence-electron chi connectivity index (χ3n) is 3.30. The van der Waals surface area contributed by atoms with Gasteiger partial charge < -0.3 is 10.4 Å². The van der Waals surface area contributed by atoms with Crippen LogP contribution in [0.15, 0.2) is 0 Å². The quantitative estimate of drug-likeness (QED) is 0.655. The number of piperidine rings is 1. The Bertz CT molecular complexity index is 157. The normalized spacial score (nSPS) is 46.5. The van der Waals surface area contributed by atoms with Crippen molar-refractivity contribution in [2.24, 2.45) is 0 Å². The molecule has 12 heavy (non-hydrogen) atoms. The molecule has 70 valence electrons. The van der Waals surface area contributed by atoms with Crippen LogP contribution in [0.4, 0.5) is 0 Å². The molecule has 0 aromatic carbocycles. The largest absolute Gasteiger partial charge is 0.390 e. The van der Waals surface area contributed by atoms with E-state index in [1.807, 2.05) is 0 Å². The zero-order valence-electron chi connectivity index (χ0n) is 7.84. The summed E-state index contributed by atoms with van der Waals surface area (Å²) in [6.45, 7) is 2.15. The van der Waals surface area contributed by atoms with Crippen LogP contribution < -0.4 is 5.32 Å². The van der Waals surface area contributed by atoms with Crippen molar-refractivity contribution in [2.45, 2.75) is 63.1 Å². The van der Waals surface area contributed by atoms with Crippen molar-refractivity contribution in [2.75, 3.05) is 0 Å². The van der Waals surface area contributed by atoms with Gasteiger partial charge in [-0.15, -0.1) is 0 Å². The average Bonchev–Trinajstić information content (AvgIpc) is 2.31. The van der Waals surface area contributed by atoms with Crippen LogP contribution >= 0.6 is 0 Å². The fourth-order valence-electron chi connectivity index (χ4n) is 2.89. The molecule has 2 bridgehead atoms. The predicted molar refractivity (Wildman–Crippen MR) is 49.0 cm³/mol. The van der Waals surface area contributed by atoms with Gasteiger partial charge in [0.15, 0.2) is 0 Å². The minimum absolute atomic E-state index is 0.328. The number of aliphatic hydroxyl groups is 1. The number of rotatable bonds is 2. The summed E-state index contributed by atoms with van der Waals surface area (Å²) in [4.78, 5) is 0. The van der Waals surface area contributed by atoms with Crippen molar-refractivity contribution in [1.29, 1.82) is 0 Å². The molecule has 2 atom stereocenters. The van der Waals surface area contributed by atoms with Gasteiger partial charge >= 0.3 is 0 Å². The summed E-state index contributed by atoms with van der Waals surface area (Å²) in [5.74, 6) is 0. The van der Waals surface area contributed by atoms with E-state index in [2.05, 4.69) is 12.2 Å². The monoisotopic (exact) mass is 169 g/mol. The predicted octanol–water partition coefficient (Wildman–Crippen LogP) is 1.43. The van der Waals surface area contributed by atoms with Crippen LogP contribution in [-0.2, 0) is 0 Å². The molecule has 0 aromatic heterocycles. The topological polar surface area (TPSA) is 32.3 Å². The number of hydrogen-bond donors (Lipinski definition) is 2. The smallest absolute Gasteiger partial charge is 0.0677 e. The fraction of sp³-hybridized carbons (Fsp3) is 1.00. The van der Waals surface area contributed by atoms with Crippen molar-refractivity contribution < 1.29 is 5.11 Å². The van der Waals surface area contributed by atoms with E-state index in [4.69, 9.17) is 0 Å². The number of fused-ring (bicyclic) bond motifs is 2. The third kappa shape index (κ3) is 1.50. The minimum atomic E-state index is -0.328. The summed E-state index contributed by atoms with van der Waals surface area (Å²) in [6, 6.07) is 1.22. The van der Waals surface area contributed by atoms with Gasteiger partial charge in [-0.05, 0) is 32.1 Å². The van der Waals surface area contributed by atoms with E-state index in [0.717, 1.165) is 25.7 Å². The van der Waals surface area contributed by atoms with Crippen LogP contribution in [0.1, 0.15) is 45.4 Å². The molecule has 0 saturated carbocycles. The van der Waals surface area contributed by atoms with Gasteiger partial charge in [0, 0.05) is 12.1 Å². The first-order valence-electron chi connectivity index (χ1n) is 5.20. The van der Waals surface area contributed by atoms with Gasteiger partial charge in [-0.1, -0.05) is 13.3 Å². The molecule has 0 aromatic rings. The highest BCUT2D eigenvalue weighted by atomic mass is 16.3. The van der Waals surface area contributed by atoms with E-state index in [1.54, 1.807) is 0 Å². The maximum Gasteiger partial charge on any atom is 0.0677 e. The van der Waals surface area contributed by atoms with Crippen molar-refractivity contribution in [1.82, 2.24) is 5.32 Å². The van der Waals surface area contributed by atoms with E-state index in [-0.39, 0.29) is 5.60 Å². The maximum atomic E-state index is 10.2. The van der Waals surface area contributed by atoms with Crippen LogP contribution in [0.2, 0.25) is 0 Å². The van der Waals surface area contributed by atoms with Gasteiger partial charge in [-0.3, -0.25) is 0 Å². The summed E-state index contributed by atoms with van der Waals surface area (Å²) >= 11 is 0. The minimum Gasteiger partial charge on any atom is -0.390 e. The molecule has 2 heteroatoms. The summed E-state index contributed by atoms with van der Waals surface area (Å²) < 4.78 is 0. The van der Waals surface area contributed by atoms with Gasteiger partial charge in [0.1, 0.15) is 0 Å². The van der Waals surface area contributed by atoms with Gasteiger partial charge in [0.25, 0.3) is 0 Å². The van der Waals surface area contributed by atoms with Gasteiger partial charge in [0.2, 0.25) is 0 Å². The Kier molecular flexibility index (Phi) is 2.13. The molecule has 2 rings (SSSR count). The average molecular weight is 169 g/mol. The van der Waals surface area contributed by atoms with Crippen LogP contribution in [0.25, 0.3) is 0 Å². The summed E-state index contributed by atoms with van der Waals surface area (Å²) in [6.07, 6.45) is 6.61. The Labute approximate surface area is 74.4 Å². The van der Waals surface area contributed by atoms with E-state index in [0.29, 0.717) is 12.1 Å². The Balaban J connectivity index is 2.00. The van der Waals surface area contributed by atoms with Crippen LogP contribution in [-0.4, -0.2) is 22.8 Å². The van der Waals surface area contributed by atoms with Crippen molar-refractivity contribution in [3.63, 3.8) is 0 Å². The Morgan fingerprint density at radius 1 is 1.33 bits per heavy atom. The first-order valence-corrected chi connectivity index (χ1v) is 5.20. The third-order valence-corrected chi connectivity index (χ3v) is 3.30. The fourth-order valence-corrected chi connectivity index (χ4v) is 2.89. The molecular weight excluding hydrogens is 150 g/mol. The van der Waals surface area contributed by atoms with Gasteiger partial charge in [-0.2, -0.15) is 0 Å². The molecule has 2 unspecified atom stereocenters. The molecule has 2 saturated heterocycles. The lowest BCUT2D eigenvalue weighted by molar-refractivity contribution is -0.0144. The molecule has 2 aliphatic rings. The second kappa shape index (κ2) is 3.00. The van der Waals surface area contributed by atoms with Crippen LogP contribution in [0.3, 0.4) is 0 Å². The maximum absolute atomic E-state index is 10.2. The van der Waals surface area contributed by atoms with Crippen molar-refractivity contribution in [3.05, 3.63) is 0 Å². The molecule has 2 nitrogen and oxygen atoms in total. The Morgan fingerprint density at radius 2 is 1.92 bits per heavy atom. The number of hydrogen-bond acceptors (Lipinski definition) is 2. The van der Waals surface area contributed by atoms with Crippen LogP contribution in [0.5, 0.6) is 0 Å². The van der Waals surface area contributed by atoms with Crippen molar-refractivity contribution in [3.8, 4) is 0 Å². The Hall–Kier alpha value is -0.0800. The molecule has 2 aliphatic heterocycles. The van der Waals surface area contributed by atoms with Crippen LogP contribution in [0, 0.1) is 0 Å². The molecular formula is C10H19NO. The van der Waals surface area contributed by atoms with Crippen molar-refractivity contribution >= 4 is 0 Å². The lowest BCUT2D eigenvalue weighted by Crippen LogP contribution is -2.48. The first-order chi connectivity index (χ1) is 5.72. The molecule has 2 N–H and O–H groups in total. The highest BCUT2D eigenvalue weighted by molar-refractivity contribution is 4.99. The second-order valence-corrected chi connectivity index (χ2v) is 4.52. The van der Waals surface area contributed by atoms with Gasteiger partial charge in [-0.25, -0.2) is 0 Å². The second-order valence-electron chi connectivity index (χ2n) is 4.52. The Morgan fingerprint density at radius 3 is 2.42 bits per heavy atom.